The monoisotopic (exact) mass is 810 g/mol. The summed E-state index contributed by atoms with van der Waals surface area (Å²) in [4.78, 5) is 0. The van der Waals surface area contributed by atoms with Crippen LogP contribution in [0.2, 0.25) is 0 Å². The van der Waals surface area contributed by atoms with Gasteiger partial charge in [-0.15, -0.1) is 0 Å². The minimum absolute atomic E-state index is 0.522. The largest absolute Gasteiger partial charge is 0.379 e. The first-order chi connectivity index (χ1) is 23.9. The number of unbranched alkanes of at least 4 members (excludes halogenated alkanes) is 7. The number of hydrogen-bond donors (Lipinski definition) is 0. The smallest absolute Gasteiger partial charge is 0.0701 e. The van der Waals surface area contributed by atoms with Crippen LogP contribution in [-0.4, -0.2) is 163 Å². The molecule has 0 atom stereocenters. The van der Waals surface area contributed by atoms with Gasteiger partial charge in [0.2, 0.25) is 0 Å². The Labute approximate surface area is 306 Å². The lowest BCUT2D eigenvalue weighted by Crippen LogP contribution is -2.15. The zero-order valence-corrected chi connectivity index (χ0v) is 32.5. The molecule has 0 heterocycles. The van der Waals surface area contributed by atoms with E-state index in [9.17, 15) is 0 Å². The summed E-state index contributed by atoms with van der Waals surface area (Å²) in [6.07, 6.45) is 11.3. The summed E-state index contributed by atoms with van der Waals surface area (Å²) in [6.45, 7) is 16.1. The van der Waals surface area contributed by atoms with Crippen molar-refractivity contribution in [2.45, 2.75) is 64.7 Å². The van der Waals surface area contributed by atoms with Gasteiger partial charge in [0.1, 0.15) is 0 Å². The van der Waals surface area contributed by atoms with Crippen LogP contribution in [-0.2, 0) is 56.8 Å². The van der Waals surface area contributed by atoms with Crippen LogP contribution in [0.5, 0.6) is 0 Å². The van der Waals surface area contributed by atoms with Crippen molar-refractivity contribution in [3.63, 3.8) is 0 Å². The second kappa shape index (κ2) is 47.2. The van der Waals surface area contributed by atoms with Crippen molar-refractivity contribution in [3.8, 4) is 0 Å². The SMILES string of the molecule is CCCCCCCOCCOCCOCCOCCOCCOCCOCCOCCOCCOCCOCCOCCCCCCI. The third kappa shape index (κ3) is 46.2. The molecular weight excluding hydrogens is 739 g/mol. The van der Waals surface area contributed by atoms with E-state index in [0.29, 0.717) is 145 Å². The molecule has 0 N–H and O–H groups in total. The van der Waals surface area contributed by atoms with E-state index < -0.39 is 0 Å². The topological polar surface area (TPSA) is 111 Å². The van der Waals surface area contributed by atoms with Crippen LogP contribution in [0.1, 0.15) is 64.7 Å². The van der Waals surface area contributed by atoms with Crippen LogP contribution >= 0.6 is 22.6 Å². The fourth-order valence-corrected chi connectivity index (χ4v) is 4.52. The van der Waals surface area contributed by atoms with Crippen molar-refractivity contribution in [2.24, 2.45) is 0 Å². The molecule has 0 saturated heterocycles. The fraction of sp³-hybridized carbons (Fsp3) is 1.00. The van der Waals surface area contributed by atoms with Crippen LogP contribution in [0.4, 0.5) is 0 Å². The minimum atomic E-state index is 0.522. The van der Waals surface area contributed by atoms with E-state index in [-0.39, 0.29) is 0 Å². The van der Waals surface area contributed by atoms with Crippen molar-refractivity contribution in [2.75, 3.05) is 163 Å². The Kier molecular flexibility index (Phi) is 47.5. The molecule has 0 radical (unpaired) electrons. The van der Waals surface area contributed by atoms with Crippen molar-refractivity contribution in [3.05, 3.63) is 0 Å². The molecule has 0 aromatic carbocycles. The predicted octanol–water partition coefficient (Wildman–Crippen LogP) is 5.15. The van der Waals surface area contributed by atoms with E-state index in [1.165, 1.54) is 49.4 Å². The lowest BCUT2D eigenvalue weighted by molar-refractivity contribution is -0.0284. The van der Waals surface area contributed by atoms with E-state index in [2.05, 4.69) is 29.5 Å². The second-order valence-corrected chi connectivity index (χ2v) is 11.9. The van der Waals surface area contributed by atoms with Gasteiger partial charge in [0.05, 0.1) is 145 Å². The Morgan fingerprint density at radius 3 is 0.625 bits per heavy atom. The Balaban J connectivity index is 3.04. The zero-order valence-electron chi connectivity index (χ0n) is 30.3. The Morgan fingerprint density at radius 1 is 0.229 bits per heavy atom. The van der Waals surface area contributed by atoms with Gasteiger partial charge in [-0.2, -0.15) is 0 Å². The molecule has 0 aromatic rings. The third-order valence-electron chi connectivity index (χ3n) is 6.66. The Morgan fingerprint density at radius 2 is 0.417 bits per heavy atom. The van der Waals surface area contributed by atoms with Crippen LogP contribution < -0.4 is 0 Å². The highest BCUT2D eigenvalue weighted by Gasteiger charge is 1.97. The molecule has 0 aliphatic heterocycles. The van der Waals surface area contributed by atoms with E-state index in [4.69, 9.17) is 56.8 Å². The maximum absolute atomic E-state index is 5.56. The van der Waals surface area contributed by atoms with Gasteiger partial charge in [0.25, 0.3) is 0 Å². The van der Waals surface area contributed by atoms with Crippen LogP contribution in [0.3, 0.4) is 0 Å². The zero-order chi connectivity index (χ0) is 34.5. The maximum atomic E-state index is 5.56. The van der Waals surface area contributed by atoms with Crippen molar-refractivity contribution < 1.29 is 56.8 Å². The standard InChI is InChI=1S/C35H71IO12/c1-2-3-4-6-9-12-37-14-16-39-18-20-41-22-24-43-26-28-45-30-32-47-34-35-48-33-31-46-29-27-44-25-23-42-21-19-40-17-15-38-13-10-7-5-8-11-36/h2-35H2,1H3. The van der Waals surface area contributed by atoms with Gasteiger partial charge in [-0.25, -0.2) is 0 Å². The lowest BCUT2D eigenvalue weighted by atomic mass is 10.2. The van der Waals surface area contributed by atoms with Gasteiger partial charge < -0.3 is 56.8 Å². The molecule has 12 nitrogen and oxygen atoms in total. The average molecular weight is 811 g/mol. The van der Waals surface area contributed by atoms with Crippen molar-refractivity contribution in [1.29, 1.82) is 0 Å². The van der Waals surface area contributed by atoms with E-state index >= 15 is 0 Å². The van der Waals surface area contributed by atoms with Crippen molar-refractivity contribution in [1.82, 2.24) is 0 Å². The summed E-state index contributed by atoms with van der Waals surface area (Å²) < 4.78 is 67.4. The molecule has 48 heavy (non-hydrogen) atoms. The van der Waals surface area contributed by atoms with E-state index in [1.807, 2.05) is 0 Å². The number of rotatable bonds is 45. The molecule has 290 valence electrons. The number of ether oxygens (including phenoxy) is 12. The summed E-state index contributed by atoms with van der Waals surface area (Å²) in [7, 11) is 0. The summed E-state index contributed by atoms with van der Waals surface area (Å²) in [5, 5.41) is 0. The molecular formula is C35H71IO12. The molecule has 0 amide bonds. The number of hydrogen-bond acceptors (Lipinski definition) is 12. The third-order valence-corrected chi connectivity index (χ3v) is 7.42. The van der Waals surface area contributed by atoms with E-state index in [0.717, 1.165) is 26.1 Å². The molecule has 0 spiro atoms. The van der Waals surface area contributed by atoms with Gasteiger partial charge in [0.15, 0.2) is 0 Å². The highest BCUT2D eigenvalue weighted by molar-refractivity contribution is 14.1. The normalized spacial score (nSPS) is 11.6. The van der Waals surface area contributed by atoms with Gasteiger partial charge in [-0.05, 0) is 23.7 Å². The molecule has 0 aromatic heterocycles. The van der Waals surface area contributed by atoms with Crippen LogP contribution in [0, 0.1) is 0 Å². The second-order valence-electron chi connectivity index (χ2n) is 10.9. The maximum Gasteiger partial charge on any atom is 0.0701 e. The Bertz CT molecular complexity index is 508. The highest BCUT2D eigenvalue weighted by atomic mass is 127. The number of alkyl halides is 1. The number of halogens is 1. The molecule has 0 aliphatic carbocycles. The lowest BCUT2D eigenvalue weighted by Gasteiger charge is -2.09. The molecule has 13 heteroatoms. The summed E-state index contributed by atoms with van der Waals surface area (Å²) >= 11 is 2.42. The molecule has 0 unspecified atom stereocenters. The minimum Gasteiger partial charge on any atom is -0.379 e. The molecule has 0 aliphatic rings. The highest BCUT2D eigenvalue weighted by Crippen LogP contribution is 2.03. The summed E-state index contributed by atoms with van der Waals surface area (Å²) in [5.41, 5.74) is 0. The van der Waals surface area contributed by atoms with Crippen LogP contribution in [0.25, 0.3) is 0 Å². The molecule has 0 fully saturated rings. The average Bonchev–Trinajstić information content (AvgIpc) is 3.10. The first-order valence-electron chi connectivity index (χ1n) is 18.4. The summed E-state index contributed by atoms with van der Waals surface area (Å²) in [6, 6.07) is 0. The van der Waals surface area contributed by atoms with Crippen LogP contribution in [0.15, 0.2) is 0 Å². The quantitative estimate of drug-likeness (QED) is 0.0461. The van der Waals surface area contributed by atoms with Gasteiger partial charge in [0, 0.05) is 13.2 Å². The summed E-state index contributed by atoms with van der Waals surface area (Å²) in [5.74, 6) is 0. The van der Waals surface area contributed by atoms with E-state index in [1.54, 1.807) is 0 Å². The first-order valence-corrected chi connectivity index (χ1v) is 19.9. The first kappa shape index (κ1) is 48.2. The molecule has 0 rings (SSSR count). The van der Waals surface area contributed by atoms with Gasteiger partial charge in [-0.3, -0.25) is 0 Å². The Hall–Kier alpha value is 0.250. The van der Waals surface area contributed by atoms with Gasteiger partial charge >= 0.3 is 0 Å². The predicted molar refractivity (Wildman–Crippen MR) is 196 cm³/mol. The van der Waals surface area contributed by atoms with Gasteiger partial charge in [-0.1, -0.05) is 68.0 Å². The molecule has 0 saturated carbocycles. The fourth-order valence-electron chi connectivity index (χ4n) is 3.98. The molecule has 0 bridgehead atoms. The van der Waals surface area contributed by atoms with Crippen molar-refractivity contribution >= 4 is 22.6 Å².